The van der Waals surface area contributed by atoms with Crippen molar-refractivity contribution in [1.29, 1.82) is 0 Å². The third kappa shape index (κ3) is 6.12. The second-order valence-electron chi connectivity index (χ2n) is 3.59. The molecule has 0 aromatic carbocycles. The van der Waals surface area contributed by atoms with E-state index in [0.29, 0.717) is 13.2 Å². The predicted octanol–water partition coefficient (Wildman–Crippen LogP) is 0.333. The third-order valence-electron chi connectivity index (χ3n) is 1.41. The van der Waals surface area contributed by atoms with Crippen molar-refractivity contribution in [3.63, 3.8) is 0 Å². The number of nitrogens with one attached hydrogen (secondary N) is 1. The Morgan fingerprint density at radius 3 is 2.58 bits per heavy atom. The monoisotopic (exact) mass is 175 g/mol. The fourth-order valence-electron chi connectivity index (χ4n) is 0.950. The highest BCUT2D eigenvalue weighted by atomic mass is 16.5. The quantitative estimate of drug-likeness (QED) is 0.611. The van der Waals surface area contributed by atoms with Crippen LogP contribution < -0.4 is 5.32 Å². The van der Waals surface area contributed by atoms with E-state index in [-0.39, 0.29) is 12.0 Å². The Kier molecular flexibility index (Phi) is 4.85. The van der Waals surface area contributed by atoms with Crippen LogP contribution in [0, 0.1) is 5.41 Å². The van der Waals surface area contributed by atoms with E-state index in [4.69, 9.17) is 9.84 Å². The molecule has 0 fully saturated rings. The summed E-state index contributed by atoms with van der Waals surface area (Å²) >= 11 is 0. The van der Waals surface area contributed by atoms with E-state index in [1.165, 1.54) is 0 Å². The largest absolute Gasteiger partial charge is 0.480 e. The molecule has 0 radical (unpaired) electrons. The van der Waals surface area contributed by atoms with Gasteiger partial charge in [-0.25, -0.2) is 0 Å². The molecule has 0 aromatic rings. The highest BCUT2D eigenvalue weighted by Gasteiger charge is 2.16. The maximum absolute atomic E-state index is 10.1. The van der Waals surface area contributed by atoms with Crippen molar-refractivity contribution in [1.82, 2.24) is 5.32 Å². The topological polar surface area (TPSA) is 58.6 Å². The van der Waals surface area contributed by atoms with Gasteiger partial charge in [-0.3, -0.25) is 4.79 Å². The molecule has 0 aliphatic carbocycles. The number of carboxylic acids is 1. The highest BCUT2D eigenvalue weighted by Crippen LogP contribution is 2.12. The van der Waals surface area contributed by atoms with Gasteiger partial charge in [-0.1, -0.05) is 13.8 Å². The zero-order valence-electron chi connectivity index (χ0n) is 7.89. The Labute approximate surface area is 72.9 Å². The van der Waals surface area contributed by atoms with Crippen molar-refractivity contribution in [2.24, 2.45) is 5.41 Å². The minimum Gasteiger partial charge on any atom is -0.480 e. The van der Waals surface area contributed by atoms with Crippen LogP contribution in [0.3, 0.4) is 0 Å². The Morgan fingerprint density at radius 1 is 1.58 bits per heavy atom. The van der Waals surface area contributed by atoms with Crippen LogP contribution in [0.5, 0.6) is 0 Å². The molecule has 0 saturated heterocycles. The van der Waals surface area contributed by atoms with Gasteiger partial charge in [0, 0.05) is 19.1 Å². The zero-order valence-corrected chi connectivity index (χ0v) is 7.89. The van der Waals surface area contributed by atoms with Crippen LogP contribution in [0.1, 0.15) is 13.8 Å². The summed E-state index contributed by atoms with van der Waals surface area (Å²) in [6, 6.07) is 0. The molecule has 12 heavy (non-hydrogen) atoms. The maximum Gasteiger partial charge on any atom is 0.317 e. The van der Waals surface area contributed by atoms with Crippen LogP contribution in [0.25, 0.3) is 0 Å². The van der Waals surface area contributed by atoms with Crippen LogP contribution in [0.2, 0.25) is 0 Å². The fourth-order valence-corrected chi connectivity index (χ4v) is 0.950. The molecule has 0 aliphatic heterocycles. The number of carbonyl (C=O) groups is 1. The minimum absolute atomic E-state index is 0.00709. The van der Waals surface area contributed by atoms with Crippen molar-refractivity contribution in [3.05, 3.63) is 0 Å². The summed E-state index contributed by atoms with van der Waals surface area (Å²) in [7, 11) is 1.64. The molecule has 4 nitrogen and oxygen atoms in total. The number of carboxylic acid groups (broad SMARTS) is 1. The molecule has 0 atom stereocenters. The number of methoxy groups -OCH3 is 1. The Morgan fingerprint density at radius 2 is 2.17 bits per heavy atom. The molecule has 0 unspecified atom stereocenters. The molecular formula is C8H17NO3. The van der Waals surface area contributed by atoms with E-state index in [1.54, 1.807) is 7.11 Å². The lowest BCUT2D eigenvalue weighted by Gasteiger charge is -2.23. The minimum atomic E-state index is -0.830. The number of ether oxygens (including phenoxy) is 1. The Hall–Kier alpha value is -0.610. The molecule has 0 rings (SSSR count). The van der Waals surface area contributed by atoms with Gasteiger partial charge in [0.05, 0.1) is 13.2 Å². The van der Waals surface area contributed by atoms with Gasteiger partial charge in [0.1, 0.15) is 0 Å². The van der Waals surface area contributed by atoms with Crippen molar-refractivity contribution in [2.45, 2.75) is 13.8 Å². The molecule has 0 bridgehead atoms. The SMILES string of the molecule is COCC(C)(C)CNCC(=O)O. The Bertz CT molecular complexity index is 145. The van der Waals surface area contributed by atoms with Gasteiger partial charge in [0.25, 0.3) is 0 Å². The number of hydrogen-bond acceptors (Lipinski definition) is 3. The average molecular weight is 175 g/mol. The van der Waals surface area contributed by atoms with Gasteiger partial charge >= 0.3 is 5.97 Å². The van der Waals surface area contributed by atoms with Crippen LogP contribution in [-0.4, -0.2) is 37.9 Å². The lowest BCUT2D eigenvalue weighted by Crippen LogP contribution is -2.35. The summed E-state index contributed by atoms with van der Waals surface area (Å²) in [5.41, 5.74) is -0.00972. The van der Waals surface area contributed by atoms with E-state index >= 15 is 0 Å². The first-order valence-electron chi connectivity index (χ1n) is 3.89. The van der Waals surface area contributed by atoms with Gasteiger partial charge in [0.15, 0.2) is 0 Å². The predicted molar refractivity (Wildman–Crippen MR) is 46.2 cm³/mol. The lowest BCUT2D eigenvalue weighted by atomic mass is 9.95. The second-order valence-corrected chi connectivity index (χ2v) is 3.59. The van der Waals surface area contributed by atoms with Gasteiger partial charge in [-0.2, -0.15) is 0 Å². The average Bonchev–Trinajstić information content (AvgIpc) is 1.85. The summed E-state index contributed by atoms with van der Waals surface area (Å²) in [6.45, 7) is 5.32. The van der Waals surface area contributed by atoms with E-state index in [0.717, 1.165) is 0 Å². The van der Waals surface area contributed by atoms with Crippen molar-refractivity contribution >= 4 is 5.97 Å². The fraction of sp³-hybridized carbons (Fsp3) is 0.875. The van der Waals surface area contributed by atoms with Crippen molar-refractivity contribution in [3.8, 4) is 0 Å². The van der Waals surface area contributed by atoms with E-state index in [9.17, 15) is 4.79 Å². The summed E-state index contributed by atoms with van der Waals surface area (Å²) in [5, 5.41) is 11.2. The van der Waals surface area contributed by atoms with Crippen LogP contribution >= 0.6 is 0 Å². The third-order valence-corrected chi connectivity index (χ3v) is 1.41. The van der Waals surface area contributed by atoms with Crippen molar-refractivity contribution in [2.75, 3.05) is 26.8 Å². The lowest BCUT2D eigenvalue weighted by molar-refractivity contribution is -0.136. The molecule has 4 heteroatoms. The van der Waals surface area contributed by atoms with Crippen LogP contribution in [0.15, 0.2) is 0 Å². The molecule has 0 saturated carbocycles. The van der Waals surface area contributed by atoms with Crippen LogP contribution in [-0.2, 0) is 9.53 Å². The van der Waals surface area contributed by atoms with E-state index < -0.39 is 5.97 Å². The van der Waals surface area contributed by atoms with Crippen LogP contribution in [0.4, 0.5) is 0 Å². The summed E-state index contributed by atoms with van der Waals surface area (Å²) in [6.07, 6.45) is 0. The summed E-state index contributed by atoms with van der Waals surface area (Å²) in [5.74, 6) is -0.830. The number of aliphatic carboxylic acids is 1. The van der Waals surface area contributed by atoms with Gasteiger partial charge in [-0.05, 0) is 0 Å². The second kappa shape index (κ2) is 5.11. The standard InChI is InChI=1S/C8H17NO3/c1-8(2,6-12-3)5-9-4-7(10)11/h9H,4-6H2,1-3H3,(H,10,11). The summed E-state index contributed by atoms with van der Waals surface area (Å²) in [4.78, 5) is 10.1. The molecule has 0 aliphatic rings. The van der Waals surface area contributed by atoms with Gasteiger partial charge in [-0.15, -0.1) is 0 Å². The Balaban J connectivity index is 3.53. The molecular weight excluding hydrogens is 158 g/mol. The number of rotatable bonds is 6. The summed E-state index contributed by atoms with van der Waals surface area (Å²) < 4.78 is 4.98. The first kappa shape index (κ1) is 11.4. The smallest absolute Gasteiger partial charge is 0.317 e. The molecule has 0 amide bonds. The molecule has 0 aromatic heterocycles. The molecule has 0 heterocycles. The molecule has 0 spiro atoms. The molecule has 2 N–H and O–H groups in total. The van der Waals surface area contributed by atoms with Gasteiger partial charge in [0.2, 0.25) is 0 Å². The van der Waals surface area contributed by atoms with E-state index in [1.807, 2.05) is 13.8 Å². The zero-order chi connectivity index (χ0) is 9.61. The first-order valence-corrected chi connectivity index (χ1v) is 3.89. The maximum atomic E-state index is 10.1. The highest BCUT2D eigenvalue weighted by molar-refractivity contribution is 5.68. The van der Waals surface area contributed by atoms with Gasteiger partial charge < -0.3 is 15.2 Å². The van der Waals surface area contributed by atoms with Crippen molar-refractivity contribution < 1.29 is 14.6 Å². The normalized spacial score (nSPS) is 11.6. The molecule has 72 valence electrons. The first-order chi connectivity index (χ1) is 5.48. The van der Waals surface area contributed by atoms with E-state index in [2.05, 4.69) is 5.32 Å². The number of hydrogen-bond donors (Lipinski definition) is 2.